The fourth-order valence-corrected chi connectivity index (χ4v) is 2.91. The number of esters is 1. The van der Waals surface area contributed by atoms with Crippen molar-refractivity contribution >= 4 is 29.7 Å². The van der Waals surface area contributed by atoms with Crippen molar-refractivity contribution in [1.29, 1.82) is 0 Å². The van der Waals surface area contributed by atoms with Gasteiger partial charge in [-0.05, 0) is 61.9 Å². The van der Waals surface area contributed by atoms with Crippen LogP contribution in [-0.2, 0) is 9.53 Å². The van der Waals surface area contributed by atoms with E-state index in [9.17, 15) is 9.59 Å². The predicted octanol–water partition coefficient (Wildman–Crippen LogP) is 4.61. The molecule has 0 bridgehead atoms. The van der Waals surface area contributed by atoms with Crippen LogP contribution in [0.4, 0.5) is 0 Å². The standard InChI is InChI=1S/C23H21ClN2O5/c1-3-29-23(28)17-6-4-16(5-7-17)21-11-9-19(31-21)13-25-26-22(27)14-30-20-10-8-18(24)12-15(20)2/h4-13H,3,14H2,1-2H3,(H,26,27). The number of hydrazone groups is 1. The molecule has 8 heteroatoms. The van der Waals surface area contributed by atoms with Crippen molar-refractivity contribution < 1.29 is 23.5 Å². The minimum absolute atomic E-state index is 0.184. The van der Waals surface area contributed by atoms with Crippen LogP contribution in [0.15, 0.2) is 64.1 Å². The predicted molar refractivity (Wildman–Crippen MR) is 118 cm³/mol. The molecule has 7 nitrogen and oxygen atoms in total. The Balaban J connectivity index is 1.52. The molecule has 1 N–H and O–H groups in total. The summed E-state index contributed by atoms with van der Waals surface area (Å²) < 4.78 is 16.1. The summed E-state index contributed by atoms with van der Waals surface area (Å²) in [4.78, 5) is 23.6. The molecule has 0 fully saturated rings. The van der Waals surface area contributed by atoms with Crippen molar-refractivity contribution in [2.75, 3.05) is 13.2 Å². The van der Waals surface area contributed by atoms with E-state index in [0.717, 1.165) is 11.1 Å². The van der Waals surface area contributed by atoms with Crippen molar-refractivity contribution in [3.05, 3.63) is 76.5 Å². The van der Waals surface area contributed by atoms with Crippen molar-refractivity contribution in [2.24, 2.45) is 5.10 Å². The van der Waals surface area contributed by atoms with Gasteiger partial charge in [0.05, 0.1) is 18.4 Å². The number of carbonyl (C=O) groups excluding carboxylic acids is 2. The van der Waals surface area contributed by atoms with Gasteiger partial charge in [-0.2, -0.15) is 5.10 Å². The summed E-state index contributed by atoms with van der Waals surface area (Å²) in [6, 6.07) is 15.5. The Morgan fingerprint density at radius 2 is 1.90 bits per heavy atom. The van der Waals surface area contributed by atoms with Gasteiger partial charge in [0.15, 0.2) is 6.61 Å². The quantitative estimate of drug-likeness (QED) is 0.313. The number of nitrogens with zero attached hydrogens (tertiary/aromatic N) is 1. The van der Waals surface area contributed by atoms with E-state index in [0.29, 0.717) is 34.5 Å². The molecule has 3 aromatic rings. The molecule has 0 atom stereocenters. The molecular formula is C23H21ClN2O5. The number of nitrogens with one attached hydrogen (secondary N) is 1. The summed E-state index contributed by atoms with van der Waals surface area (Å²) in [5.74, 6) is 0.858. The first kappa shape index (κ1) is 22.1. The van der Waals surface area contributed by atoms with E-state index < -0.39 is 5.91 Å². The molecular weight excluding hydrogens is 420 g/mol. The maximum Gasteiger partial charge on any atom is 0.338 e. The fraction of sp³-hybridized carbons (Fsp3) is 0.174. The maximum atomic E-state index is 11.9. The Hall–Kier alpha value is -3.58. The van der Waals surface area contributed by atoms with E-state index >= 15 is 0 Å². The first-order valence-electron chi connectivity index (χ1n) is 9.54. The number of rotatable bonds is 8. The Morgan fingerprint density at radius 3 is 2.61 bits per heavy atom. The van der Waals surface area contributed by atoms with Gasteiger partial charge in [-0.25, -0.2) is 10.2 Å². The molecule has 0 spiro atoms. The molecule has 1 aromatic heterocycles. The Kier molecular flexibility index (Phi) is 7.45. The second kappa shape index (κ2) is 10.4. The lowest BCUT2D eigenvalue weighted by molar-refractivity contribution is -0.123. The number of carbonyl (C=O) groups is 2. The highest BCUT2D eigenvalue weighted by atomic mass is 35.5. The van der Waals surface area contributed by atoms with Gasteiger partial charge in [-0.15, -0.1) is 0 Å². The molecule has 0 aliphatic rings. The first-order valence-corrected chi connectivity index (χ1v) is 9.92. The third-order valence-electron chi connectivity index (χ3n) is 4.18. The van der Waals surface area contributed by atoms with E-state index in [1.54, 1.807) is 61.5 Å². The second-order valence-electron chi connectivity index (χ2n) is 6.49. The van der Waals surface area contributed by atoms with Gasteiger partial charge >= 0.3 is 5.97 Å². The van der Waals surface area contributed by atoms with Gasteiger partial charge in [-0.1, -0.05) is 23.7 Å². The average Bonchev–Trinajstić information content (AvgIpc) is 3.22. The first-order chi connectivity index (χ1) is 15.0. The summed E-state index contributed by atoms with van der Waals surface area (Å²) in [5, 5.41) is 4.48. The number of aryl methyl sites for hydroxylation is 1. The van der Waals surface area contributed by atoms with Gasteiger partial charge < -0.3 is 13.9 Å². The highest BCUT2D eigenvalue weighted by Crippen LogP contribution is 2.23. The summed E-state index contributed by atoms with van der Waals surface area (Å²) in [6.07, 6.45) is 1.39. The van der Waals surface area contributed by atoms with Crippen LogP contribution in [0.2, 0.25) is 5.02 Å². The van der Waals surface area contributed by atoms with Crippen LogP contribution < -0.4 is 10.2 Å². The largest absolute Gasteiger partial charge is 0.483 e. The van der Waals surface area contributed by atoms with E-state index in [1.807, 2.05) is 6.92 Å². The van der Waals surface area contributed by atoms with Crippen LogP contribution in [0, 0.1) is 6.92 Å². The molecule has 0 saturated carbocycles. The normalized spacial score (nSPS) is 10.8. The number of furan rings is 1. The topological polar surface area (TPSA) is 90.1 Å². The smallest absolute Gasteiger partial charge is 0.338 e. The summed E-state index contributed by atoms with van der Waals surface area (Å²) >= 11 is 5.90. The molecule has 0 aliphatic carbocycles. The number of ether oxygens (including phenoxy) is 2. The number of benzene rings is 2. The lowest BCUT2D eigenvalue weighted by Gasteiger charge is -2.08. The highest BCUT2D eigenvalue weighted by Gasteiger charge is 2.09. The fourth-order valence-electron chi connectivity index (χ4n) is 2.68. The lowest BCUT2D eigenvalue weighted by atomic mass is 10.1. The minimum atomic E-state index is -0.410. The Morgan fingerprint density at radius 1 is 1.13 bits per heavy atom. The van der Waals surface area contributed by atoms with E-state index in [1.165, 1.54) is 6.21 Å². The van der Waals surface area contributed by atoms with Crippen LogP contribution in [0.1, 0.15) is 28.6 Å². The molecule has 2 aromatic carbocycles. The van der Waals surface area contributed by atoms with Crippen molar-refractivity contribution in [3.8, 4) is 17.1 Å². The highest BCUT2D eigenvalue weighted by molar-refractivity contribution is 6.30. The monoisotopic (exact) mass is 440 g/mol. The molecule has 0 aliphatic heterocycles. The molecule has 0 unspecified atom stereocenters. The molecule has 3 rings (SSSR count). The van der Waals surface area contributed by atoms with Crippen LogP contribution in [0.5, 0.6) is 5.75 Å². The zero-order valence-electron chi connectivity index (χ0n) is 17.1. The number of halogens is 1. The Labute approximate surface area is 184 Å². The van der Waals surface area contributed by atoms with Crippen LogP contribution in [0.3, 0.4) is 0 Å². The molecule has 31 heavy (non-hydrogen) atoms. The Bertz CT molecular complexity index is 1090. The maximum absolute atomic E-state index is 11.9. The van der Waals surface area contributed by atoms with Crippen molar-refractivity contribution in [3.63, 3.8) is 0 Å². The van der Waals surface area contributed by atoms with Gasteiger partial charge in [0, 0.05) is 10.6 Å². The number of hydrogen-bond donors (Lipinski definition) is 1. The molecule has 0 saturated heterocycles. The zero-order valence-corrected chi connectivity index (χ0v) is 17.8. The second-order valence-corrected chi connectivity index (χ2v) is 6.93. The summed E-state index contributed by atoms with van der Waals surface area (Å²) in [5.41, 5.74) is 4.48. The van der Waals surface area contributed by atoms with Gasteiger partial charge in [0.2, 0.25) is 0 Å². The van der Waals surface area contributed by atoms with E-state index in [-0.39, 0.29) is 12.6 Å². The van der Waals surface area contributed by atoms with Crippen LogP contribution in [0.25, 0.3) is 11.3 Å². The van der Waals surface area contributed by atoms with Gasteiger partial charge in [0.25, 0.3) is 5.91 Å². The third kappa shape index (κ3) is 6.20. The lowest BCUT2D eigenvalue weighted by Crippen LogP contribution is -2.24. The van der Waals surface area contributed by atoms with Crippen LogP contribution in [-0.4, -0.2) is 31.3 Å². The molecule has 1 amide bonds. The van der Waals surface area contributed by atoms with Crippen molar-refractivity contribution in [2.45, 2.75) is 13.8 Å². The van der Waals surface area contributed by atoms with E-state index in [4.69, 9.17) is 25.5 Å². The summed E-state index contributed by atoms with van der Waals surface area (Å²) in [7, 11) is 0. The zero-order chi connectivity index (χ0) is 22.2. The van der Waals surface area contributed by atoms with Gasteiger partial charge in [-0.3, -0.25) is 4.79 Å². The molecule has 0 radical (unpaired) electrons. The third-order valence-corrected chi connectivity index (χ3v) is 4.42. The van der Waals surface area contributed by atoms with Crippen molar-refractivity contribution in [1.82, 2.24) is 5.43 Å². The average molecular weight is 441 g/mol. The molecule has 1 heterocycles. The molecule has 160 valence electrons. The minimum Gasteiger partial charge on any atom is -0.483 e. The van der Waals surface area contributed by atoms with E-state index in [2.05, 4.69) is 10.5 Å². The number of amides is 1. The summed E-state index contributed by atoms with van der Waals surface area (Å²) in [6.45, 7) is 3.74. The van der Waals surface area contributed by atoms with Crippen LogP contribution >= 0.6 is 11.6 Å². The van der Waals surface area contributed by atoms with Gasteiger partial charge in [0.1, 0.15) is 17.3 Å². The SMILES string of the molecule is CCOC(=O)c1ccc(-c2ccc(C=NNC(=O)COc3ccc(Cl)cc3C)o2)cc1. The number of hydrogen-bond acceptors (Lipinski definition) is 6.